The molecule has 6 heteroatoms. The Labute approximate surface area is 121 Å². The maximum Gasteiger partial charge on any atom is 0.276 e. The van der Waals surface area contributed by atoms with Crippen molar-refractivity contribution in [1.82, 2.24) is 14.9 Å². The molecule has 1 aliphatic rings. The van der Waals surface area contributed by atoms with E-state index in [1.807, 2.05) is 17.2 Å². The molecule has 0 spiro atoms. The third-order valence-corrected chi connectivity index (χ3v) is 4.54. The lowest BCUT2D eigenvalue weighted by Gasteiger charge is -2.34. The highest BCUT2D eigenvalue weighted by Crippen LogP contribution is 2.33. The van der Waals surface area contributed by atoms with Gasteiger partial charge in [-0.25, -0.2) is 9.97 Å². The first-order valence-corrected chi connectivity index (χ1v) is 7.82. The van der Waals surface area contributed by atoms with Gasteiger partial charge in [0.2, 0.25) is 0 Å². The molecular weight excluding hydrogens is 274 g/mol. The van der Waals surface area contributed by atoms with Gasteiger partial charge in [-0.15, -0.1) is 11.3 Å². The quantitative estimate of drug-likeness (QED) is 0.872. The fraction of sp³-hybridized carbons (Fsp3) is 0.500. The van der Waals surface area contributed by atoms with Crippen LogP contribution in [-0.4, -0.2) is 27.3 Å². The first-order chi connectivity index (χ1) is 9.81. The van der Waals surface area contributed by atoms with E-state index >= 15 is 0 Å². The second kappa shape index (κ2) is 5.75. The molecule has 2 aromatic heterocycles. The van der Waals surface area contributed by atoms with Crippen molar-refractivity contribution in [2.75, 3.05) is 6.54 Å². The van der Waals surface area contributed by atoms with E-state index in [0.717, 1.165) is 30.8 Å². The van der Waals surface area contributed by atoms with Gasteiger partial charge >= 0.3 is 0 Å². The van der Waals surface area contributed by atoms with E-state index in [1.165, 1.54) is 6.39 Å². The number of rotatable bonds is 3. The molecule has 0 saturated carbocycles. The monoisotopic (exact) mass is 291 g/mol. The number of hydrogen-bond donors (Lipinski definition) is 0. The van der Waals surface area contributed by atoms with Gasteiger partial charge in [-0.1, -0.05) is 6.92 Å². The van der Waals surface area contributed by atoms with E-state index in [-0.39, 0.29) is 11.9 Å². The van der Waals surface area contributed by atoms with E-state index in [0.29, 0.717) is 17.9 Å². The fourth-order valence-electron chi connectivity index (χ4n) is 2.66. The average Bonchev–Trinajstić information content (AvgIpc) is 3.17. The minimum absolute atomic E-state index is 0.0319. The maximum absolute atomic E-state index is 12.7. The Kier molecular flexibility index (Phi) is 3.82. The molecule has 0 aliphatic carbocycles. The van der Waals surface area contributed by atoms with E-state index in [1.54, 1.807) is 17.5 Å². The van der Waals surface area contributed by atoms with Crippen LogP contribution in [0.3, 0.4) is 0 Å². The number of aryl methyl sites for hydroxylation is 1. The van der Waals surface area contributed by atoms with Gasteiger partial charge in [-0.2, -0.15) is 0 Å². The summed E-state index contributed by atoms with van der Waals surface area (Å²) in [5, 5.41) is 2.97. The molecule has 2 aromatic rings. The molecule has 3 rings (SSSR count). The summed E-state index contributed by atoms with van der Waals surface area (Å²) in [4.78, 5) is 23.1. The summed E-state index contributed by atoms with van der Waals surface area (Å²) in [6, 6.07) is 0.0812. The second-order valence-corrected chi connectivity index (χ2v) is 5.78. The zero-order valence-electron chi connectivity index (χ0n) is 11.4. The van der Waals surface area contributed by atoms with Crippen LogP contribution in [0.2, 0.25) is 0 Å². The molecule has 1 fully saturated rings. The first kappa shape index (κ1) is 13.3. The zero-order chi connectivity index (χ0) is 13.9. The van der Waals surface area contributed by atoms with Crippen LogP contribution in [0.25, 0.3) is 0 Å². The van der Waals surface area contributed by atoms with Crippen LogP contribution >= 0.6 is 11.3 Å². The number of carbonyl (C=O) groups excluding carboxylic acids is 1. The van der Waals surface area contributed by atoms with Crippen LogP contribution in [0.15, 0.2) is 22.4 Å². The smallest absolute Gasteiger partial charge is 0.276 e. The standard InChI is InChI=1S/C14H17N3O2S/c1-2-11-12(16-9-19-11)14(18)17-7-4-3-5-10(17)13-15-6-8-20-13/h6,8-10H,2-5,7H2,1H3/t10-/m0/s1. The minimum atomic E-state index is -0.0319. The van der Waals surface area contributed by atoms with Crippen LogP contribution in [0.1, 0.15) is 53.5 Å². The third-order valence-electron chi connectivity index (χ3n) is 3.66. The largest absolute Gasteiger partial charge is 0.448 e. The lowest BCUT2D eigenvalue weighted by molar-refractivity contribution is 0.0603. The Morgan fingerprint density at radius 3 is 3.15 bits per heavy atom. The molecule has 0 bridgehead atoms. The number of piperidine rings is 1. The van der Waals surface area contributed by atoms with Crippen molar-refractivity contribution in [3.63, 3.8) is 0 Å². The number of aromatic nitrogens is 2. The summed E-state index contributed by atoms with van der Waals surface area (Å²) >= 11 is 1.61. The summed E-state index contributed by atoms with van der Waals surface area (Å²) in [6.07, 6.45) is 6.97. The SMILES string of the molecule is CCc1ocnc1C(=O)N1CCCC[C@H]1c1nccs1. The van der Waals surface area contributed by atoms with Crippen molar-refractivity contribution in [2.24, 2.45) is 0 Å². The highest BCUT2D eigenvalue weighted by Gasteiger charge is 2.32. The van der Waals surface area contributed by atoms with Crippen LogP contribution in [0.4, 0.5) is 0 Å². The highest BCUT2D eigenvalue weighted by molar-refractivity contribution is 7.09. The van der Waals surface area contributed by atoms with Gasteiger partial charge < -0.3 is 9.32 Å². The molecule has 1 amide bonds. The van der Waals surface area contributed by atoms with Gasteiger partial charge in [-0.05, 0) is 19.3 Å². The Balaban J connectivity index is 1.88. The van der Waals surface area contributed by atoms with E-state index < -0.39 is 0 Å². The molecule has 1 atom stereocenters. The van der Waals surface area contributed by atoms with Crippen LogP contribution < -0.4 is 0 Å². The van der Waals surface area contributed by atoms with Gasteiger partial charge in [0.15, 0.2) is 12.1 Å². The number of nitrogens with zero attached hydrogens (tertiary/aromatic N) is 3. The van der Waals surface area contributed by atoms with Crippen LogP contribution in [0, 0.1) is 0 Å². The van der Waals surface area contributed by atoms with Gasteiger partial charge in [0.25, 0.3) is 5.91 Å². The topological polar surface area (TPSA) is 59.2 Å². The minimum Gasteiger partial charge on any atom is -0.448 e. The number of thiazole rings is 1. The Morgan fingerprint density at radius 1 is 1.50 bits per heavy atom. The molecule has 0 N–H and O–H groups in total. The predicted molar refractivity (Wildman–Crippen MR) is 75.6 cm³/mol. The molecule has 5 nitrogen and oxygen atoms in total. The van der Waals surface area contributed by atoms with Crippen LogP contribution in [-0.2, 0) is 6.42 Å². The number of carbonyl (C=O) groups is 1. The summed E-state index contributed by atoms with van der Waals surface area (Å²) in [6.45, 7) is 2.73. The van der Waals surface area contributed by atoms with Crippen molar-refractivity contribution in [2.45, 2.75) is 38.6 Å². The van der Waals surface area contributed by atoms with E-state index in [9.17, 15) is 4.79 Å². The van der Waals surface area contributed by atoms with Crippen molar-refractivity contribution >= 4 is 17.2 Å². The lowest BCUT2D eigenvalue weighted by Crippen LogP contribution is -2.39. The molecular formula is C14H17N3O2S. The van der Waals surface area contributed by atoms with Gasteiger partial charge in [-0.3, -0.25) is 4.79 Å². The van der Waals surface area contributed by atoms with Crippen molar-refractivity contribution in [3.8, 4) is 0 Å². The molecule has 20 heavy (non-hydrogen) atoms. The zero-order valence-corrected chi connectivity index (χ0v) is 12.2. The van der Waals surface area contributed by atoms with Gasteiger partial charge in [0.1, 0.15) is 10.8 Å². The molecule has 3 heterocycles. The van der Waals surface area contributed by atoms with Gasteiger partial charge in [0, 0.05) is 24.5 Å². The fourth-order valence-corrected chi connectivity index (χ4v) is 3.45. The Bertz CT molecular complexity index is 579. The number of amides is 1. The van der Waals surface area contributed by atoms with E-state index in [2.05, 4.69) is 9.97 Å². The first-order valence-electron chi connectivity index (χ1n) is 6.94. The summed E-state index contributed by atoms with van der Waals surface area (Å²) in [7, 11) is 0. The third kappa shape index (κ3) is 2.35. The average molecular weight is 291 g/mol. The second-order valence-electron chi connectivity index (χ2n) is 4.86. The predicted octanol–water partition coefficient (Wildman–Crippen LogP) is 3.06. The van der Waals surface area contributed by atoms with Gasteiger partial charge in [0.05, 0.1) is 6.04 Å². The van der Waals surface area contributed by atoms with E-state index in [4.69, 9.17) is 4.42 Å². The Morgan fingerprint density at radius 2 is 2.40 bits per heavy atom. The lowest BCUT2D eigenvalue weighted by atomic mass is 10.0. The van der Waals surface area contributed by atoms with Crippen LogP contribution in [0.5, 0.6) is 0 Å². The number of oxazole rings is 1. The maximum atomic E-state index is 12.7. The van der Waals surface area contributed by atoms with Crippen molar-refractivity contribution < 1.29 is 9.21 Å². The molecule has 0 unspecified atom stereocenters. The molecule has 106 valence electrons. The van der Waals surface area contributed by atoms with Crippen molar-refractivity contribution in [1.29, 1.82) is 0 Å². The summed E-state index contributed by atoms with van der Waals surface area (Å²) in [5.41, 5.74) is 0.455. The molecule has 1 saturated heterocycles. The summed E-state index contributed by atoms with van der Waals surface area (Å²) < 4.78 is 5.28. The Hall–Kier alpha value is -1.69. The summed E-state index contributed by atoms with van der Waals surface area (Å²) in [5.74, 6) is 0.633. The molecule has 0 aromatic carbocycles. The number of likely N-dealkylation sites (tertiary alicyclic amines) is 1. The normalized spacial score (nSPS) is 19.2. The molecule has 0 radical (unpaired) electrons. The number of hydrogen-bond acceptors (Lipinski definition) is 5. The highest BCUT2D eigenvalue weighted by atomic mass is 32.1. The molecule has 1 aliphatic heterocycles. The van der Waals surface area contributed by atoms with Crippen molar-refractivity contribution in [3.05, 3.63) is 34.4 Å².